The summed E-state index contributed by atoms with van der Waals surface area (Å²) in [6, 6.07) is 33.5. The molecule has 2 heterocycles. The molecule has 0 spiro atoms. The molecule has 0 N–H and O–H groups in total. The van der Waals surface area contributed by atoms with Gasteiger partial charge in [-0.2, -0.15) is 0 Å². The second-order valence-electron chi connectivity index (χ2n) is 9.16. The zero-order valence-corrected chi connectivity index (χ0v) is 18.2. The molecule has 1 aliphatic carbocycles. The van der Waals surface area contributed by atoms with Gasteiger partial charge < -0.3 is 0 Å². The number of pyridine rings is 1. The van der Waals surface area contributed by atoms with Crippen molar-refractivity contribution in [2.75, 3.05) is 0 Å². The second kappa shape index (κ2) is 6.30. The molecule has 2 aromatic heterocycles. The maximum absolute atomic E-state index is 13.9. The molecule has 0 fully saturated rings. The minimum absolute atomic E-state index is 0.00737. The van der Waals surface area contributed by atoms with E-state index in [4.69, 9.17) is 4.98 Å². The molecule has 0 bridgehead atoms. The summed E-state index contributed by atoms with van der Waals surface area (Å²) >= 11 is 0. The summed E-state index contributed by atoms with van der Waals surface area (Å²) in [7, 11) is 0. The summed E-state index contributed by atoms with van der Waals surface area (Å²) in [6.45, 7) is 0. The number of rotatable bonds is 1. The van der Waals surface area contributed by atoms with Gasteiger partial charge in [0.1, 0.15) is 5.65 Å². The molecule has 0 saturated heterocycles. The van der Waals surface area contributed by atoms with Gasteiger partial charge in [0.2, 0.25) is 0 Å². The highest BCUT2D eigenvalue weighted by molar-refractivity contribution is 6.19. The Morgan fingerprint density at radius 2 is 1.47 bits per heavy atom. The van der Waals surface area contributed by atoms with Gasteiger partial charge in [-0.05, 0) is 69.5 Å². The van der Waals surface area contributed by atoms with E-state index < -0.39 is 0 Å². The Hall–Kier alpha value is -4.50. The van der Waals surface area contributed by atoms with Gasteiger partial charge in [0.05, 0.1) is 11.0 Å². The van der Waals surface area contributed by atoms with Crippen LogP contribution in [0, 0.1) is 0 Å². The van der Waals surface area contributed by atoms with Gasteiger partial charge in [-0.15, -0.1) is 0 Å². The average molecular weight is 434 g/mol. The first-order valence-electron chi connectivity index (χ1n) is 11.6. The summed E-state index contributed by atoms with van der Waals surface area (Å²) in [5.74, 6) is 0. The van der Waals surface area contributed by atoms with Crippen molar-refractivity contribution in [2.24, 2.45) is 0 Å². The van der Waals surface area contributed by atoms with Crippen LogP contribution in [-0.2, 0) is 6.42 Å². The molecule has 0 aliphatic heterocycles. The summed E-state index contributed by atoms with van der Waals surface area (Å²) in [6.07, 6.45) is 0.911. The molecular weight excluding hydrogens is 416 g/mol. The SMILES string of the molecule is O=c1c2cccc3c(-c4ccccc4)ccc(c32)c2nc3cc4c(cc3n12)-c1ccccc1C4. The Morgan fingerprint density at radius 1 is 0.647 bits per heavy atom. The summed E-state index contributed by atoms with van der Waals surface area (Å²) < 4.78 is 1.82. The maximum atomic E-state index is 13.9. The highest BCUT2D eigenvalue weighted by Gasteiger charge is 2.22. The van der Waals surface area contributed by atoms with Gasteiger partial charge in [-0.3, -0.25) is 9.20 Å². The van der Waals surface area contributed by atoms with Crippen LogP contribution >= 0.6 is 0 Å². The first kappa shape index (κ1) is 18.0. The van der Waals surface area contributed by atoms with E-state index in [0.29, 0.717) is 0 Å². The van der Waals surface area contributed by atoms with Gasteiger partial charge in [0.15, 0.2) is 0 Å². The Labute approximate surface area is 194 Å². The molecule has 8 rings (SSSR count). The fourth-order valence-corrected chi connectivity index (χ4v) is 5.85. The van der Waals surface area contributed by atoms with Crippen LogP contribution in [0.1, 0.15) is 11.1 Å². The molecule has 0 amide bonds. The number of aromatic nitrogens is 2. The van der Waals surface area contributed by atoms with Gasteiger partial charge in [0, 0.05) is 16.2 Å². The van der Waals surface area contributed by atoms with E-state index in [-0.39, 0.29) is 5.56 Å². The molecule has 0 atom stereocenters. The van der Waals surface area contributed by atoms with Crippen LogP contribution in [-0.4, -0.2) is 9.38 Å². The summed E-state index contributed by atoms with van der Waals surface area (Å²) in [4.78, 5) is 18.9. The first-order chi connectivity index (χ1) is 16.8. The Balaban J connectivity index is 1.51. The molecule has 3 heteroatoms. The number of hydrogen-bond acceptors (Lipinski definition) is 2. The third kappa shape index (κ3) is 2.21. The molecule has 7 aromatic rings. The predicted octanol–water partition coefficient (Wildman–Crippen LogP) is 6.83. The second-order valence-corrected chi connectivity index (χ2v) is 9.16. The van der Waals surface area contributed by atoms with Gasteiger partial charge in [-0.25, -0.2) is 4.98 Å². The lowest BCUT2D eigenvalue weighted by Gasteiger charge is -2.12. The maximum Gasteiger partial charge on any atom is 0.264 e. The number of imidazole rings is 1. The van der Waals surface area contributed by atoms with Crippen molar-refractivity contribution in [3.8, 4) is 22.3 Å². The van der Waals surface area contributed by atoms with E-state index >= 15 is 0 Å². The van der Waals surface area contributed by atoms with Crippen LogP contribution in [0.5, 0.6) is 0 Å². The Kier molecular flexibility index (Phi) is 3.33. The molecule has 3 nitrogen and oxygen atoms in total. The molecule has 34 heavy (non-hydrogen) atoms. The molecule has 1 aliphatic rings. The average Bonchev–Trinajstić information content (AvgIpc) is 3.44. The quantitative estimate of drug-likeness (QED) is 0.284. The lowest BCUT2D eigenvalue weighted by atomic mass is 9.94. The minimum atomic E-state index is -0.00737. The van der Waals surface area contributed by atoms with Crippen LogP contribution < -0.4 is 5.56 Å². The predicted molar refractivity (Wildman–Crippen MR) is 139 cm³/mol. The van der Waals surface area contributed by atoms with Crippen molar-refractivity contribution >= 4 is 38.2 Å². The normalized spacial score (nSPS) is 12.7. The molecule has 158 valence electrons. The van der Waals surface area contributed by atoms with Crippen LogP contribution in [0.2, 0.25) is 0 Å². The van der Waals surface area contributed by atoms with Crippen LogP contribution in [0.25, 0.3) is 60.5 Å². The summed E-state index contributed by atoms with van der Waals surface area (Å²) in [5, 5.41) is 3.83. The standard InChI is InChI=1S/C31H18N2O/c34-31-25-12-6-11-23-22(18-7-2-1-3-8-18)13-14-24(29(23)25)30-32-27-16-20-15-19-9-4-5-10-21(19)26(20)17-28(27)33(30)31/h1-14,16-17H,15H2. The molecule has 0 saturated carbocycles. The van der Waals surface area contributed by atoms with Crippen molar-refractivity contribution in [2.45, 2.75) is 6.42 Å². The van der Waals surface area contributed by atoms with Crippen LogP contribution in [0.15, 0.2) is 102 Å². The highest BCUT2D eigenvalue weighted by Crippen LogP contribution is 2.40. The van der Waals surface area contributed by atoms with Crippen molar-refractivity contribution < 1.29 is 0 Å². The monoisotopic (exact) mass is 434 g/mol. The Morgan fingerprint density at radius 3 is 2.38 bits per heavy atom. The minimum Gasteiger partial charge on any atom is -0.268 e. The molecule has 0 unspecified atom stereocenters. The third-order valence-electron chi connectivity index (χ3n) is 7.37. The zero-order valence-electron chi connectivity index (χ0n) is 18.2. The number of fused-ring (bicyclic) bond motifs is 7. The lowest BCUT2D eigenvalue weighted by molar-refractivity contribution is 1.19. The fourth-order valence-electron chi connectivity index (χ4n) is 5.85. The zero-order chi connectivity index (χ0) is 22.4. The van der Waals surface area contributed by atoms with E-state index in [2.05, 4.69) is 66.7 Å². The largest absolute Gasteiger partial charge is 0.268 e. The van der Waals surface area contributed by atoms with Gasteiger partial charge in [-0.1, -0.05) is 72.8 Å². The number of nitrogens with zero attached hydrogens (tertiary/aromatic N) is 2. The van der Waals surface area contributed by atoms with E-state index in [0.717, 1.165) is 55.8 Å². The van der Waals surface area contributed by atoms with Crippen molar-refractivity contribution in [3.05, 3.63) is 119 Å². The highest BCUT2D eigenvalue weighted by atomic mass is 16.1. The van der Waals surface area contributed by atoms with Crippen molar-refractivity contribution in [1.29, 1.82) is 0 Å². The van der Waals surface area contributed by atoms with Crippen molar-refractivity contribution in [3.63, 3.8) is 0 Å². The van der Waals surface area contributed by atoms with Crippen LogP contribution in [0.4, 0.5) is 0 Å². The fraction of sp³-hybridized carbons (Fsp3) is 0.0323. The first-order valence-corrected chi connectivity index (χ1v) is 11.6. The smallest absolute Gasteiger partial charge is 0.264 e. The van der Waals surface area contributed by atoms with E-state index in [1.165, 1.54) is 22.3 Å². The van der Waals surface area contributed by atoms with Crippen molar-refractivity contribution in [1.82, 2.24) is 9.38 Å². The summed E-state index contributed by atoms with van der Waals surface area (Å²) in [5.41, 5.74) is 9.84. The van der Waals surface area contributed by atoms with E-state index in [1.807, 2.05) is 34.7 Å². The number of hydrogen-bond donors (Lipinski definition) is 0. The van der Waals surface area contributed by atoms with Crippen LogP contribution in [0.3, 0.4) is 0 Å². The van der Waals surface area contributed by atoms with E-state index in [1.54, 1.807) is 0 Å². The topological polar surface area (TPSA) is 34.4 Å². The lowest BCUT2D eigenvalue weighted by Crippen LogP contribution is -2.13. The number of benzene rings is 5. The van der Waals surface area contributed by atoms with Gasteiger partial charge in [0.25, 0.3) is 5.56 Å². The van der Waals surface area contributed by atoms with Gasteiger partial charge >= 0.3 is 0 Å². The molecule has 0 radical (unpaired) electrons. The Bertz CT molecular complexity index is 2000. The third-order valence-corrected chi connectivity index (χ3v) is 7.37. The molecule has 5 aromatic carbocycles. The molecular formula is C31H18N2O. The van der Waals surface area contributed by atoms with E-state index in [9.17, 15) is 4.79 Å².